The van der Waals surface area contributed by atoms with E-state index in [1.54, 1.807) is 6.92 Å². The lowest BCUT2D eigenvalue weighted by Gasteiger charge is -2.38. The zero-order chi connectivity index (χ0) is 30.7. The van der Waals surface area contributed by atoms with Crippen molar-refractivity contribution in [3.8, 4) is 0 Å². The number of hydrogen-bond donors (Lipinski definition) is 2. The van der Waals surface area contributed by atoms with Crippen molar-refractivity contribution in [2.45, 2.75) is 124 Å². The van der Waals surface area contributed by atoms with Crippen LogP contribution in [0.25, 0.3) is 0 Å². The molecule has 1 saturated heterocycles. The lowest BCUT2D eigenvalue weighted by atomic mass is 9.82. The summed E-state index contributed by atoms with van der Waals surface area (Å²) in [7, 11) is -6.09. The van der Waals surface area contributed by atoms with Crippen molar-refractivity contribution in [2.75, 3.05) is 6.54 Å². The van der Waals surface area contributed by atoms with Gasteiger partial charge in [-0.2, -0.15) is 0 Å². The van der Waals surface area contributed by atoms with Crippen molar-refractivity contribution in [2.24, 2.45) is 23.7 Å². The number of rotatable bonds is 20. The number of amides is 1. The molecular weight excluding hydrogens is 563 g/mol. The Balaban J connectivity index is 2.70. The maximum atomic E-state index is 13.2. The highest BCUT2D eigenvalue weighted by molar-refractivity contribution is 6.87. The van der Waals surface area contributed by atoms with E-state index in [-0.39, 0.29) is 5.91 Å². The van der Waals surface area contributed by atoms with E-state index in [2.05, 4.69) is 51.5 Å². The first-order valence-corrected chi connectivity index (χ1v) is 24.2. The summed E-state index contributed by atoms with van der Waals surface area (Å²) in [5, 5.41) is 12.8. The largest absolute Gasteiger partial charge is 0.481 e. The van der Waals surface area contributed by atoms with E-state index >= 15 is 0 Å². The molecule has 0 spiro atoms. The van der Waals surface area contributed by atoms with E-state index in [0.717, 1.165) is 24.9 Å². The molecule has 0 aromatic rings. The van der Waals surface area contributed by atoms with Gasteiger partial charge in [-0.25, -0.2) is 0 Å². The number of cyclic esters (lactones) is 2. The van der Waals surface area contributed by atoms with Crippen molar-refractivity contribution < 1.29 is 37.3 Å². The summed E-state index contributed by atoms with van der Waals surface area (Å²) in [5.41, 5.74) is 0. The number of nitrogens with one attached hydrogen (secondary N) is 1. The molecule has 1 fully saturated rings. The summed E-state index contributed by atoms with van der Waals surface area (Å²) in [4.78, 5) is 48.9. The van der Waals surface area contributed by atoms with E-state index in [1.807, 2.05) is 6.92 Å². The summed E-state index contributed by atoms with van der Waals surface area (Å²) >= 11 is 0. The van der Waals surface area contributed by atoms with Crippen LogP contribution in [-0.2, 0) is 32.1 Å². The molecule has 4 unspecified atom stereocenters. The van der Waals surface area contributed by atoms with Crippen LogP contribution < -0.4 is 5.32 Å². The Kier molecular flexibility index (Phi) is 15.0. The van der Waals surface area contributed by atoms with E-state index in [4.69, 9.17) is 13.0 Å². The van der Waals surface area contributed by atoms with Gasteiger partial charge in [0.2, 0.25) is 5.91 Å². The van der Waals surface area contributed by atoms with Crippen LogP contribution in [0, 0.1) is 23.7 Å². The Hall–Kier alpha value is -1.35. The van der Waals surface area contributed by atoms with Gasteiger partial charge in [0.05, 0.1) is 23.7 Å². The van der Waals surface area contributed by atoms with Gasteiger partial charge in [0, 0.05) is 6.54 Å². The van der Waals surface area contributed by atoms with Gasteiger partial charge in [0.25, 0.3) is 0 Å². The molecule has 0 bridgehead atoms. The third-order valence-electron chi connectivity index (χ3n) is 7.68. The minimum Gasteiger partial charge on any atom is -0.481 e. The number of unbranched alkanes of at least 4 members (excludes halogenated alkanes) is 1. The normalized spacial score (nSPS) is 19.8. The highest BCUT2D eigenvalue weighted by Crippen LogP contribution is 2.31. The molecule has 9 nitrogen and oxygen atoms in total. The maximum absolute atomic E-state index is 13.2. The second kappa shape index (κ2) is 16.3. The number of hydrogen-bond acceptors (Lipinski definition) is 7. The Labute approximate surface area is 245 Å². The molecule has 0 saturated carbocycles. The molecule has 0 aliphatic carbocycles. The molecule has 12 heteroatoms. The second-order valence-electron chi connectivity index (χ2n) is 13.0. The first-order chi connectivity index (χ1) is 18.4. The summed E-state index contributed by atoms with van der Waals surface area (Å²) in [5.74, 6) is -4.83. The predicted molar refractivity (Wildman–Crippen MR) is 164 cm³/mol. The fraction of sp³-hybridized carbons (Fsp3) is 0.857. The van der Waals surface area contributed by atoms with Gasteiger partial charge in [-0.3, -0.25) is 19.2 Å². The van der Waals surface area contributed by atoms with E-state index in [9.17, 15) is 24.3 Å². The topological polar surface area (TPSA) is 128 Å². The van der Waals surface area contributed by atoms with Crippen LogP contribution in [0.4, 0.5) is 0 Å². The number of aliphatic carboxylic acids is 1. The van der Waals surface area contributed by atoms with E-state index in [0.29, 0.717) is 38.6 Å². The highest BCUT2D eigenvalue weighted by Gasteiger charge is 2.42. The van der Waals surface area contributed by atoms with Crippen LogP contribution in [-0.4, -0.2) is 60.7 Å². The fourth-order valence-corrected chi connectivity index (χ4v) is 20.0. The number of ether oxygens (including phenoxy) is 1. The molecule has 0 aromatic heterocycles. The zero-order valence-corrected chi connectivity index (χ0v) is 29.4. The Bertz CT molecular complexity index is 864. The van der Waals surface area contributed by atoms with Gasteiger partial charge in [0.1, 0.15) is 0 Å². The van der Waals surface area contributed by atoms with E-state index < -0.39 is 66.8 Å². The average Bonchev–Trinajstić information content (AvgIpc) is 3.06. The third kappa shape index (κ3) is 12.7. The first-order valence-electron chi connectivity index (χ1n) is 15.1. The van der Waals surface area contributed by atoms with Gasteiger partial charge in [0.15, 0.2) is 16.6 Å². The molecule has 40 heavy (non-hydrogen) atoms. The fourth-order valence-electron chi connectivity index (χ4n) is 5.80. The van der Waals surface area contributed by atoms with Gasteiger partial charge in [-0.1, -0.05) is 46.5 Å². The minimum absolute atomic E-state index is 0.263. The van der Waals surface area contributed by atoms with Gasteiger partial charge in [-0.15, -0.1) is 0 Å². The monoisotopic (exact) mass is 617 g/mol. The van der Waals surface area contributed by atoms with Crippen LogP contribution in [0.5, 0.6) is 0 Å². The summed E-state index contributed by atoms with van der Waals surface area (Å²) in [6.07, 6.45) is 5.34. The molecule has 1 rings (SSSR count). The molecule has 1 heterocycles. The van der Waals surface area contributed by atoms with Crippen molar-refractivity contribution in [3.63, 3.8) is 0 Å². The van der Waals surface area contributed by atoms with Crippen molar-refractivity contribution in [3.05, 3.63) is 0 Å². The number of carbonyl (C=O) groups excluding carboxylic acids is 3. The molecule has 4 atom stereocenters. The van der Waals surface area contributed by atoms with Crippen LogP contribution in [0.15, 0.2) is 0 Å². The number of carboxylic acids is 1. The average molecular weight is 618 g/mol. The Morgan fingerprint density at radius 3 is 1.93 bits per heavy atom. The van der Waals surface area contributed by atoms with E-state index in [1.165, 1.54) is 6.42 Å². The quantitative estimate of drug-likeness (QED) is 0.0730. The molecular formula is C28H55NO8Si3. The maximum Gasteiger partial charge on any atom is 0.317 e. The van der Waals surface area contributed by atoms with Crippen molar-refractivity contribution >= 4 is 49.0 Å². The molecule has 1 aliphatic rings. The van der Waals surface area contributed by atoms with Gasteiger partial charge < -0.3 is 23.4 Å². The second-order valence-corrected chi connectivity index (χ2v) is 25.5. The van der Waals surface area contributed by atoms with Crippen molar-refractivity contribution in [1.29, 1.82) is 0 Å². The standard InChI is InChI=1S/C28H55NO8Si3/c1-10-12-19-38(4,5)36-40(8,9)37-39(6,7)20-14-18-29-25(30)23(24(15-11-2)26(31)32)17-13-16-22-21(3)27(33)35-28(22)34/h21-24H,10-20H2,1-9H3,(H,29,30)(H,31,32). The molecule has 232 valence electrons. The Morgan fingerprint density at radius 2 is 1.45 bits per heavy atom. The lowest BCUT2D eigenvalue weighted by Crippen LogP contribution is -2.52. The molecule has 1 aliphatic heterocycles. The molecule has 0 aromatic carbocycles. The van der Waals surface area contributed by atoms with Gasteiger partial charge >= 0.3 is 26.5 Å². The molecule has 2 N–H and O–H groups in total. The summed E-state index contributed by atoms with van der Waals surface area (Å²) < 4.78 is 18.0. The number of esters is 2. The third-order valence-corrected chi connectivity index (χ3v) is 19.1. The minimum atomic E-state index is -2.28. The zero-order valence-electron chi connectivity index (χ0n) is 26.4. The summed E-state index contributed by atoms with van der Waals surface area (Å²) in [6.45, 7) is 19.4. The van der Waals surface area contributed by atoms with Gasteiger partial charge in [-0.05, 0) is 77.1 Å². The number of carbonyl (C=O) groups is 4. The predicted octanol–water partition coefficient (Wildman–Crippen LogP) is 6.06. The SMILES string of the molecule is CCCC[Si](C)(C)O[Si](C)(C)O[Si](C)(C)CCCNC(=O)C(CCCC1C(=O)OC(=O)C1C)C(CCC)C(=O)O. The van der Waals surface area contributed by atoms with Crippen LogP contribution >= 0.6 is 0 Å². The molecule has 0 radical (unpaired) electrons. The van der Waals surface area contributed by atoms with Crippen LogP contribution in [0.3, 0.4) is 0 Å². The Morgan fingerprint density at radius 1 is 0.875 bits per heavy atom. The van der Waals surface area contributed by atoms with Crippen LogP contribution in [0.2, 0.25) is 51.4 Å². The highest BCUT2D eigenvalue weighted by atomic mass is 28.5. The smallest absolute Gasteiger partial charge is 0.317 e. The molecule has 1 amide bonds. The van der Waals surface area contributed by atoms with Crippen molar-refractivity contribution in [1.82, 2.24) is 5.32 Å². The summed E-state index contributed by atoms with van der Waals surface area (Å²) in [6, 6.07) is 2.00. The van der Waals surface area contributed by atoms with Crippen LogP contribution in [0.1, 0.15) is 72.1 Å². The lowest BCUT2D eigenvalue weighted by molar-refractivity contribution is -0.154. The number of carboxylic acid groups (broad SMARTS) is 1. The first kappa shape index (κ1) is 36.7.